The van der Waals surface area contributed by atoms with Gasteiger partial charge in [-0.15, -0.1) is 0 Å². The topological polar surface area (TPSA) is 42.4 Å². The van der Waals surface area contributed by atoms with Crippen LogP contribution in [0.15, 0.2) is 36.4 Å². The summed E-state index contributed by atoms with van der Waals surface area (Å²) in [7, 11) is 1.75. The molecule has 1 aromatic heterocycles. The van der Waals surface area contributed by atoms with Gasteiger partial charge >= 0.3 is 0 Å². The maximum atomic E-state index is 10.3. The van der Waals surface area contributed by atoms with E-state index >= 15 is 0 Å². The predicted octanol–water partition coefficient (Wildman–Crippen LogP) is 3.10. The highest BCUT2D eigenvalue weighted by atomic mass is 16.5. The molecule has 1 N–H and O–H groups in total. The van der Waals surface area contributed by atoms with E-state index in [9.17, 15) is 5.11 Å². The summed E-state index contributed by atoms with van der Waals surface area (Å²) in [5.74, 6) is 0. The Labute approximate surface area is 119 Å². The third-order valence-corrected chi connectivity index (χ3v) is 4.41. The van der Waals surface area contributed by atoms with E-state index in [1.54, 1.807) is 7.11 Å². The molecule has 3 heteroatoms. The molecule has 2 aromatic rings. The maximum absolute atomic E-state index is 10.3. The zero-order valence-corrected chi connectivity index (χ0v) is 11.9. The summed E-state index contributed by atoms with van der Waals surface area (Å²) in [6.45, 7) is 0. The summed E-state index contributed by atoms with van der Waals surface area (Å²) in [4.78, 5) is 4.61. The van der Waals surface area contributed by atoms with Gasteiger partial charge in [0, 0.05) is 31.0 Å². The second-order valence-electron chi connectivity index (χ2n) is 5.80. The number of aromatic nitrogens is 1. The van der Waals surface area contributed by atoms with Gasteiger partial charge in [-0.05, 0) is 31.4 Å². The van der Waals surface area contributed by atoms with Crippen LogP contribution >= 0.6 is 0 Å². The molecular weight excluding hydrogens is 250 g/mol. The van der Waals surface area contributed by atoms with E-state index < -0.39 is 0 Å². The Morgan fingerprint density at radius 3 is 2.75 bits per heavy atom. The van der Waals surface area contributed by atoms with Gasteiger partial charge in [-0.25, -0.2) is 0 Å². The van der Waals surface area contributed by atoms with Crippen molar-refractivity contribution < 1.29 is 9.84 Å². The van der Waals surface area contributed by atoms with Gasteiger partial charge in [-0.2, -0.15) is 0 Å². The summed E-state index contributed by atoms with van der Waals surface area (Å²) in [5, 5.41) is 11.4. The number of ether oxygens (including phenoxy) is 1. The van der Waals surface area contributed by atoms with Gasteiger partial charge in [0.15, 0.2) is 0 Å². The number of nitrogens with zero attached hydrogens (tertiary/aromatic N) is 1. The van der Waals surface area contributed by atoms with E-state index in [0.717, 1.165) is 29.4 Å². The number of aliphatic hydroxyl groups excluding tert-OH is 1. The number of pyridine rings is 1. The van der Waals surface area contributed by atoms with Gasteiger partial charge < -0.3 is 9.84 Å². The lowest BCUT2D eigenvalue weighted by Gasteiger charge is -2.41. The van der Waals surface area contributed by atoms with Crippen LogP contribution in [0.25, 0.3) is 10.9 Å². The number of hydrogen-bond donors (Lipinski definition) is 1. The number of benzene rings is 1. The third kappa shape index (κ3) is 2.69. The Balaban J connectivity index is 1.69. The summed E-state index contributed by atoms with van der Waals surface area (Å²) >= 11 is 0. The van der Waals surface area contributed by atoms with E-state index in [0.29, 0.717) is 12.8 Å². The van der Waals surface area contributed by atoms with E-state index in [1.165, 1.54) is 6.42 Å². The molecule has 1 aliphatic carbocycles. The number of fused-ring (bicyclic) bond motifs is 1. The van der Waals surface area contributed by atoms with Gasteiger partial charge in [0.2, 0.25) is 0 Å². The maximum Gasteiger partial charge on any atom is 0.0705 e. The van der Waals surface area contributed by atoms with Gasteiger partial charge in [-0.1, -0.05) is 24.3 Å². The molecule has 1 unspecified atom stereocenters. The Bertz CT molecular complexity index is 587. The summed E-state index contributed by atoms with van der Waals surface area (Å²) in [5.41, 5.74) is 1.85. The van der Waals surface area contributed by atoms with Crippen LogP contribution < -0.4 is 0 Å². The fourth-order valence-electron chi connectivity index (χ4n) is 3.03. The van der Waals surface area contributed by atoms with Crippen molar-refractivity contribution >= 4 is 10.9 Å². The minimum Gasteiger partial charge on any atom is -0.393 e. The Kier molecular flexibility index (Phi) is 3.72. The van der Waals surface area contributed by atoms with E-state index in [2.05, 4.69) is 17.1 Å². The lowest BCUT2D eigenvalue weighted by molar-refractivity contribution is -0.0989. The van der Waals surface area contributed by atoms with Crippen molar-refractivity contribution in [3.8, 4) is 0 Å². The predicted molar refractivity (Wildman–Crippen MR) is 79.7 cm³/mol. The Hall–Kier alpha value is -1.45. The molecule has 0 radical (unpaired) electrons. The molecule has 0 bridgehead atoms. The van der Waals surface area contributed by atoms with Crippen molar-refractivity contribution in [3.63, 3.8) is 0 Å². The van der Waals surface area contributed by atoms with Crippen molar-refractivity contribution in [2.24, 2.45) is 0 Å². The molecule has 1 aromatic carbocycles. The van der Waals surface area contributed by atoms with Crippen molar-refractivity contribution in [1.82, 2.24) is 4.98 Å². The highest BCUT2D eigenvalue weighted by Gasteiger charge is 2.38. The zero-order chi connectivity index (χ0) is 14.0. The average molecular weight is 271 g/mol. The van der Waals surface area contributed by atoms with Crippen LogP contribution in [0.5, 0.6) is 0 Å². The van der Waals surface area contributed by atoms with Crippen LogP contribution in [-0.2, 0) is 11.2 Å². The van der Waals surface area contributed by atoms with Crippen LogP contribution in [0.4, 0.5) is 0 Å². The first-order chi connectivity index (χ1) is 9.71. The monoisotopic (exact) mass is 271 g/mol. The highest BCUT2D eigenvalue weighted by molar-refractivity contribution is 5.78. The summed E-state index contributed by atoms with van der Waals surface area (Å²) in [6, 6.07) is 12.1. The molecule has 1 heterocycles. The highest BCUT2D eigenvalue weighted by Crippen LogP contribution is 2.39. The molecule has 0 aliphatic heterocycles. The normalized spacial score (nSPS) is 18.7. The van der Waals surface area contributed by atoms with Crippen molar-refractivity contribution in [2.45, 2.75) is 43.8 Å². The van der Waals surface area contributed by atoms with Gasteiger partial charge in [0.05, 0.1) is 17.2 Å². The van der Waals surface area contributed by atoms with Crippen LogP contribution in [0.3, 0.4) is 0 Å². The molecule has 0 amide bonds. The second kappa shape index (κ2) is 5.51. The van der Waals surface area contributed by atoms with Crippen LogP contribution in [-0.4, -0.2) is 28.9 Å². The standard InChI is InChI=1S/C17H21NO2/c1-20-17(9-4-10-17)12-15(19)11-14-8-7-13-5-2-3-6-16(13)18-14/h2-3,5-8,15,19H,4,9-12H2,1H3. The van der Waals surface area contributed by atoms with Crippen LogP contribution in [0.2, 0.25) is 0 Å². The van der Waals surface area contributed by atoms with Crippen LogP contribution in [0, 0.1) is 0 Å². The molecule has 1 saturated carbocycles. The smallest absolute Gasteiger partial charge is 0.0705 e. The quantitative estimate of drug-likeness (QED) is 0.908. The number of aliphatic hydroxyl groups is 1. The van der Waals surface area contributed by atoms with E-state index in [-0.39, 0.29) is 11.7 Å². The number of hydrogen-bond acceptors (Lipinski definition) is 3. The minimum absolute atomic E-state index is 0.0870. The molecule has 106 valence electrons. The second-order valence-corrected chi connectivity index (χ2v) is 5.80. The van der Waals surface area contributed by atoms with Crippen LogP contribution in [0.1, 0.15) is 31.4 Å². The van der Waals surface area contributed by atoms with E-state index in [4.69, 9.17) is 4.74 Å². The molecule has 0 spiro atoms. The SMILES string of the molecule is COC1(CC(O)Cc2ccc3ccccc3n2)CCC1. The lowest BCUT2D eigenvalue weighted by Crippen LogP contribution is -2.42. The molecule has 20 heavy (non-hydrogen) atoms. The molecule has 3 nitrogen and oxygen atoms in total. The first-order valence-corrected chi connectivity index (χ1v) is 7.29. The van der Waals surface area contributed by atoms with Crippen molar-refractivity contribution in [2.75, 3.05) is 7.11 Å². The van der Waals surface area contributed by atoms with Crippen molar-refractivity contribution in [3.05, 3.63) is 42.1 Å². The molecule has 1 fully saturated rings. The minimum atomic E-state index is -0.385. The summed E-state index contributed by atoms with van der Waals surface area (Å²) in [6.07, 6.45) is 4.24. The first kappa shape index (κ1) is 13.5. The summed E-state index contributed by atoms with van der Waals surface area (Å²) < 4.78 is 5.57. The fourth-order valence-corrected chi connectivity index (χ4v) is 3.03. The largest absolute Gasteiger partial charge is 0.393 e. The van der Waals surface area contributed by atoms with E-state index in [1.807, 2.05) is 24.3 Å². The first-order valence-electron chi connectivity index (χ1n) is 7.29. The molecular formula is C17H21NO2. The molecule has 1 aliphatic rings. The number of para-hydroxylation sites is 1. The lowest BCUT2D eigenvalue weighted by atomic mass is 9.75. The Morgan fingerprint density at radius 2 is 2.05 bits per heavy atom. The molecule has 0 saturated heterocycles. The van der Waals surface area contributed by atoms with Crippen molar-refractivity contribution in [1.29, 1.82) is 0 Å². The molecule has 3 rings (SSSR count). The average Bonchev–Trinajstić information content (AvgIpc) is 2.43. The van der Waals surface area contributed by atoms with Gasteiger partial charge in [0.1, 0.15) is 0 Å². The fraction of sp³-hybridized carbons (Fsp3) is 0.471. The Morgan fingerprint density at radius 1 is 1.25 bits per heavy atom. The zero-order valence-electron chi connectivity index (χ0n) is 11.9. The number of rotatable bonds is 5. The van der Waals surface area contributed by atoms with Gasteiger partial charge in [0.25, 0.3) is 0 Å². The molecule has 1 atom stereocenters. The third-order valence-electron chi connectivity index (χ3n) is 4.41. The van der Waals surface area contributed by atoms with Gasteiger partial charge in [-0.3, -0.25) is 4.98 Å². The number of methoxy groups -OCH3 is 1.